The molecular weight excluding hydrogens is 210 g/mol. The minimum atomic E-state index is 0.646. The summed E-state index contributed by atoms with van der Waals surface area (Å²) in [6.45, 7) is 5.87. The zero-order valence-corrected chi connectivity index (χ0v) is 12.0. The highest BCUT2D eigenvalue weighted by Gasteiger charge is 2.14. The molecule has 0 aromatic rings. The van der Waals surface area contributed by atoms with E-state index in [9.17, 15) is 0 Å². The van der Waals surface area contributed by atoms with E-state index in [1.54, 1.807) is 0 Å². The minimum Gasteiger partial charge on any atom is -0.314 e. The zero-order valence-electron chi connectivity index (χ0n) is 12.0. The predicted octanol–water partition coefficient (Wildman–Crippen LogP) is 1.84. The Labute approximate surface area is 107 Å². The van der Waals surface area contributed by atoms with Gasteiger partial charge in [0.1, 0.15) is 0 Å². The van der Waals surface area contributed by atoms with Gasteiger partial charge in [-0.3, -0.25) is 0 Å². The van der Waals surface area contributed by atoms with Crippen LogP contribution in [-0.4, -0.2) is 50.7 Å². The van der Waals surface area contributed by atoms with Crippen molar-refractivity contribution < 1.29 is 0 Å². The first kappa shape index (κ1) is 14.9. The summed E-state index contributed by atoms with van der Waals surface area (Å²) in [4.78, 5) is 2.25. The van der Waals surface area contributed by atoms with Crippen LogP contribution in [-0.2, 0) is 0 Å². The van der Waals surface area contributed by atoms with Crippen LogP contribution in [0.2, 0.25) is 0 Å². The lowest BCUT2D eigenvalue weighted by atomic mass is 10.0. The Morgan fingerprint density at radius 1 is 1.29 bits per heavy atom. The first-order valence-electron chi connectivity index (χ1n) is 7.30. The second kappa shape index (κ2) is 8.90. The van der Waals surface area contributed by atoms with Crippen LogP contribution in [0.3, 0.4) is 0 Å². The van der Waals surface area contributed by atoms with Crippen molar-refractivity contribution in [1.82, 2.24) is 15.5 Å². The van der Waals surface area contributed by atoms with Crippen molar-refractivity contribution in [1.29, 1.82) is 0 Å². The van der Waals surface area contributed by atoms with Gasteiger partial charge in [-0.25, -0.2) is 0 Å². The van der Waals surface area contributed by atoms with Crippen LogP contribution in [0.25, 0.3) is 0 Å². The number of hydrogen-bond donors (Lipinski definition) is 2. The maximum atomic E-state index is 3.67. The lowest BCUT2D eigenvalue weighted by Gasteiger charge is -2.21. The van der Waals surface area contributed by atoms with Gasteiger partial charge in [0.15, 0.2) is 0 Å². The second-order valence-corrected chi connectivity index (χ2v) is 5.75. The highest BCUT2D eigenvalue weighted by atomic mass is 15.1. The van der Waals surface area contributed by atoms with Crippen molar-refractivity contribution in [2.45, 2.75) is 57.5 Å². The molecular formula is C14H31N3. The molecule has 3 heteroatoms. The van der Waals surface area contributed by atoms with E-state index in [4.69, 9.17) is 0 Å². The molecule has 0 aromatic heterocycles. The van der Waals surface area contributed by atoms with E-state index in [0.29, 0.717) is 6.04 Å². The third-order valence-electron chi connectivity index (χ3n) is 3.58. The average molecular weight is 241 g/mol. The summed E-state index contributed by atoms with van der Waals surface area (Å²) >= 11 is 0. The molecule has 2 unspecified atom stereocenters. The van der Waals surface area contributed by atoms with Crippen LogP contribution in [0.1, 0.15) is 45.4 Å². The molecule has 2 atom stereocenters. The molecule has 1 fully saturated rings. The van der Waals surface area contributed by atoms with Gasteiger partial charge in [-0.2, -0.15) is 0 Å². The fraction of sp³-hybridized carbons (Fsp3) is 1.00. The number of hydrogen-bond acceptors (Lipinski definition) is 3. The van der Waals surface area contributed by atoms with E-state index in [1.165, 1.54) is 51.6 Å². The smallest absolute Gasteiger partial charge is 0.00817 e. The van der Waals surface area contributed by atoms with E-state index in [1.807, 2.05) is 0 Å². The van der Waals surface area contributed by atoms with Gasteiger partial charge < -0.3 is 15.5 Å². The molecule has 0 spiro atoms. The van der Waals surface area contributed by atoms with Crippen LogP contribution in [0.5, 0.6) is 0 Å². The summed E-state index contributed by atoms with van der Waals surface area (Å²) in [6.07, 6.45) is 8.07. The van der Waals surface area contributed by atoms with Crippen molar-refractivity contribution in [3.05, 3.63) is 0 Å². The van der Waals surface area contributed by atoms with Crippen LogP contribution < -0.4 is 10.6 Å². The molecule has 0 saturated carbocycles. The van der Waals surface area contributed by atoms with Crippen LogP contribution >= 0.6 is 0 Å². The Morgan fingerprint density at radius 2 is 2.12 bits per heavy atom. The Kier molecular flexibility index (Phi) is 7.82. The molecule has 1 aliphatic heterocycles. The normalized spacial score (nSPS) is 23.6. The van der Waals surface area contributed by atoms with Crippen molar-refractivity contribution in [2.24, 2.45) is 0 Å². The topological polar surface area (TPSA) is 27.3 Å². The third-order valence-corrected chi connectivity index (χ3v) is 3.58. The van der Waals surface area contributed by atoms with Gasteiger partial charge in [-0.05, 0) is 66.3 Å². The van der Waals surface area contributed by atoms with Crippen molar-refractivity contribution in [3.63, 3.8) is 0 Å². The lowest BCUT2D eigenvalue weighted by molar-refractivity contribution is 0.370. The summed E-state index contributed by atoms with van der Waals surface area (Å²) in [5.41, 5.74) is 0. The van der Waals surface area contributed by atoms with E-state index < -0.39 is 0 Å². The van der Waals surface area contributed by atoms with E-state index in [2.05, 4.69) is 36.6 Å². The summed E-state index contributed by atoms with van der Waals surface area (Å²) in [7, 11) is 4.28. The summed E-state index contributed by atoms with van der Waals surface area (Å²) in [5.74, 6) is 0. The molecule has 17 heavy (non-hydrogen) atoms. The highest BCUT2D eigenvalue weighted by molar-refractivity contribution is 4.75. The molecule has 1 aliphatic rings. The van der Waals surface area contributed by atoms with E-state index in [-0.39, 0.29) is 0 Å². The van der Waals surface area contributed by atoms with Gasteiger partial charge in [0.2, 0.25) is 0 Å². The standard InChI is InChI=1S/C14H31N3/c1-13(15-10-7-11-17(2)3)12-14-8-5-4-6-9-16-14/h13-16H,4-12H2,1-3H3. The van der Waals surface area contributed by atoms with Gasteiger partial charge in [-0.1, -0.05) is 12.8 Å². The molecule has 0 radical (unpaired) electrons. The molecule has 0 bridgehead atoms. The van der Waals surface area contributed by atoms with Crippen molar-refractivity contribution in [3.8, 4) is 0 Å². The quantitative estimate of drug-likeness (QED) is 0.666. The molecule has 1 saturated heterocycles. The lowest BCUT2D eigenvalue weighted by Crippen LogP contribution is -2.37. The van der Waals surface area contributed by atoms with Crippen LogP contribution in [0.4, 0.5) is 0 Å². The largest absolute Gasteiger partial charge is 0.314 e. The second-order valence-electron chi connectivity index (χ2n) is 5.75. The Morgan fingerprint density at radius 3 is 2.88 bits per heavy atom. The fourth-order valence-electron chi connectivity index (χ4n) is 2.56. The summed E-state index contributed by atoms with van der Waals surface area (Å²) < 4.78 is 0. The molecule has 1 rings (SSSR count). The SMILES string of the molecule is CC(CC1CCCCCN1)NCCCN(C)C. The maximum absolute atomic E-state index is 3.67. The zero-order chi connectivity index (χ0) is 12.5. The molecule has 0 amide bonds. The Hall–Kier alpha value is -0.120. The van der Waals surface area contributed by atoms with Gasteiger partial charge in [0, 0.05) is 12.1 Å². The van der Waals surface area contributed by atoms with E-state index >= 15 is 0 Å². The van der Waals surface area contributed by atoms with Gasteiger partial charge in [0.05, 0.1) is 0 Å². The van der Waals surface area contributed by atoms with Gasteiger partial charge in [-0.15, -0.1) is 0 Å². The monoisotopic (exact) mass is 241 g/mol. The first-order chi connectivity index (χ1) is 8.18. The molecule has 1 heterocycles. The molecule has 0 aromatic carbocycles. The van der Waals surface area contributed by atoms with Crippen LogP contribution in [0, 0.1) is 0 Å². The number of nitrogens with zero attached hydrogens (tertiary/aromatic N) is 1. The first-order valence-corrected chi connectivity index (χ1v) is 7.30. The van der Waals surface area contributed by atoms with Crippen molar-refractivity contribution >= 4 is 0 Å². The van der Waals surface area contributed by atoms with Gasteiger partial charge in [0.25, 0.3) is 0 Å². The Balaban J connectivity index is 2.04. The Bertz CT molecular complexity index is 174. The average Bonchev–Trinajstić information content (AvgIpc) is 2.53. The third kappa shape index (κ3) is 7.74. The minimum absolute atomic E-state index is 0.646. The molecule has 3 nitrogen and oxygen atoms in total. The maximum Gasteiger partial charge on any atom is 0.00817 e. The van der Waals surface area contributed by atoms with Crippen LogP contribution in [0.15, 0.2) is 0 Å². The molecule has 102 valence electrons. The van der Waals surface area contributed by atoms with Crippen molar-refractivity contribution in [2.75, 3.05) is 33.7 Å². The summed E-state index contributed by atoms with van der Waals surface area (Å²) in [6, 6.07) is 1.39. The summed E-state index contributed by atoms with van der Waals surface area (Å²) in [5, 5.41) is 7.31. The number of nitrogens with one attached hydrogen (secondary N) is 2. The van der Waals surface area contributed by atoms with E-state index in [0.717, 1.165) is 12.6 Å². The predicted molar refractivity (Wildman–Crippen MR) is 75.5 cm³/mol. The van der Waals surface area contributed by atoms with Gasteiger partial charge >= 0.3 is 0 Å². The number of rotatable bonds is 7. The fourth-order valence-corrected chi connectivity index (χ4v) is 2.56. The highest BCUT2D eigenvalue weighted by Crippen LogP contribution is 2.12. The molecule has 0 aliphatic carbocycles. The molecule has 2 N–H and O–H groups in total.